The van der Waals surface area contributed by atoms with Crippen LogP contribution in [0.2, 0.25) is 0 Å². The molecule has 0 fully saturated rings. The predicted octanol–water partition coefficient (Wildman–Crippen LogP) is 3.95. The van der Waals surface area contributed by atoms with Crippen molar-refractivity contribution in [3.63, 3.8) is 0 Å². The van der Waals surface area contributed by atoms with E-state index in [2.05, 4.69) is 30.9 Å². The number of carbonyl (C=O) groups is 1. The lowest BCUT2D eigenvalue weighted by Crippen LogP contribution is -2.28. The molecule has 30 heavy (non-hydrogen) atoms. The fourth-order valence-corrected chi connectivity index (χ4v) is 2.55. The van der Waals surface area contributed by atoms with Gasteiger partial charge in [0.1, 0.15) is 0 Å². The predicted molar refractivity (Wildman–Crippen MR) is 105 cm³/mol. The van der Waals surface area contributed by atoms with Crippen molar-refractivity contribution in [3.8, 4) is 11.3 Å². The van der Waals surface area contributed by atoms with Gasteiger partial charge in [-0.05, 0) is 30.7 Å². The van der Waals surface area contributed by atoms with Gasteiger partial charge in [-0.3, -0.25) is 9.67 Å². The summed E-state index contributed by atoms with van der Waals surface area (Å²) in [5.74, 6) is 0. The first-order valence-electron chi connectivity index (χ1n) is 9.13. The molecule has 11 heteroatoms. The zero-order valence-electron chi connectivity index (χ0n) is 16.9. The second kappa shape index (κ2) is 9.81. The maximum absolute atomic E-state index is 13.2. The number of urea groups is 1. The lowest BCUT2D eigenvalue weighted by atomic mass is 10.1. The summed E-state index contributed by atoms with van der Waals surface area (Å²) in [5, 5.41) is 16.5. The van der Waals surface area contributed by atoms with Gasteiger partial charge in [-0.1, -0.05) is 13.8 Å². The Bertz CT molecular complexity index is 988. The van der Waals surface area contributed by atoms with Crippen LogP contribution < -0.4 is 10.6 Å². The molecule has 0 aliphatic rings. The van der Waals surface area contributed by atoms with E-state index in [-0.39, 0.29) is 17.8 Å². The van der Waals surface area contributed by atoms with E-state index in [1.165, 1.54) is 25.6 Å². The van der Waals surface area contributed by atoms with Gasteiger partial charge in [0.2, 0.25) is 0 Å². The Morgan fingerprint density at radius 3 is 2.43 bits per heavy atom. The standard InChI is InChI=1S/C17H16F3N7O.C2H6/c1-10-7-12(8-22-16(28)23-11-3-5-21-6-4-11)24-25-14(10)13-9-27(2)26-15(13)17(18,19)20;1-2/h3-7,9H,8H2,1-2H3,(H2,21,22,23,28);1-2H3. The zero-order valence-corrected chi connectivity index (χ0v) is 16.9. The van der Waals surface area contributed by atoms with Gasteiger partial charge in [0.25, 0.3) is 0 Å². The van der Waals surface area contributed by atoms with Gasteiger partial charge in [0.05, 0.1) is 23.5 Å². The minimum atomic E-state index is -4.60. The maximum atomic E-state index is 13.2. The van der Waals surface area contributed by atoms with Crippen molar-refractivity contribution >= 4 is 11.7 Å². The molecular weight excluding hydrogens is 399 g/mol. The summed E-state index contributed by atoms with van der Waals surface area (Å²) in [7, 11) is 1.40. The highest BCUT2D eigenvalue weighted by molar-refractivity contribution is 5.88. The Hall–Kier alpha value is -3.50. The molecule has 0 aliphatic heterocycles. The highest BCUT2D eigenvalue weighted by Gasteiger charge is 2.38. The quantitative estimate of drug-likeness (QED) is 0.665. The summed E-state index contributed by atoms with van der Waals surface area (Å²) >= 11 is 0. The van der Waals surface area contributed by atoms with Crippen LogP contribution in [0.4, 0.5) is 23.7 Å². The molecule has 3 aromatic rings. The smallest absolute Gasteiger partial charge is 0.332 e. The number of carbonyl (C=O) groups excluding carboxylic acids is 1. The van der Waals surface area contributed by atoms with E-state index in [0.29, 0.717) is 16.9 Å². The van der Waals surface area contributed by atoms with Gasteiger partial charge in [-0.15, -0.1) is 5.10 Å². The third-order valence-corrected chi connectivity index (χ3v) is 3.76. The van der Waals surface area contributed by atoms with Gasteiger partial charge >= 0.3 is 12.2 Å². The van der Waals surface area contributed by atoms with E-state index in [0.717, 1.165) is 4.68 Å². The number of pyridine rings is 1. The number of alkyl halides is 3. The van der Waals surface area contributed by atoms with Crippen molar-refractivity contribution in [1.29, 1.82) is 0 Å². The number of rotatable bonds is 4. The molecule has 0 unspecified atom stereocenters. The summed E-state index contributed by atoms with van der Waals surface area (Å²) in [6.07, 6.45) is -0.274. The Kier molecular flexibility index (Phi) is 7.45. The number of nitrogens with one attached hydrogen (secondary N) is 2. The lowest BCUT2D eigenvalue weighted by Gasteiger charge is -2.10. The van der Waals surface area contributed by atoms with Gasteiger partial charge in [0, 0.05) is 31.3 Å². The van der Waals surface area contributed by atoms with E-state index in [9.17, 15) is 18.0 Å². The van der Waals surface area contributed by atoms with Gasteiger partial charge in [-0.25, -0.2) is 4.79 Å². The molecule has 3 heterocycles. The second-order valence-electron chi connectivity index (χ2n) is 5.97. The Labute approximate surface area is 171 Å². The molecule has 0 spiro atoms. The van der Waals surface area contributed by atoms with Crippen LogP contribution in [0.15, 0.2) is 36.8 Å². The molecule has 3 aromatic heterocycles. The summed E-state index contributed by atoms with van der Waals surface area (Å²) in [6.45, 7) is 5.68. The topological polar surface area (TPSA) is 97.6 Å². The first-order valence-corrected chi connectivity index (χ1v) is 9.13. The first kappa shape index (κ1) is 22.8. The average molecular weight is 421 g/mol. The van der Waals surface area contributed by atoms with E-state index in [1.54, 1.807) is 25.1 Å². The summed E-state index contributed by atoms with van der Waals surface area (Å²) in [5.41, 5.74) is 0.389. The maximum Gasteiger partial charge on any atom is 0.435 e. The third-order valence-electron chi connectivity index (χ3n) is 3.76. The van der Waals surface area contributed by atoms with E-state index in [4.69, 9.17) is 0 Å². The number of nitrogens with zero attached hydrogens (tertiary/aromatic N) is 5. The molecule has 0 saturated carbocycles. The van der Waals surface area contributed by atoms with Crippen molar-refractivity contribution in [2.75, 3.05) is 5.32 Å². The Morgan fingerprint density at radius 1 is 1.17 bits per heavy atom. The molecular formula is C19H22F3N7O. The van der Waals surface area contributed by atoms with Crippen LogP contribution in [0.3, 0.4) is 0 Å². The summed E-state index contributed by atoms with van der Waals surface area (Å²) in [6, 6.07) is 4.37. The number of amides is 2. The number of aromatic nitrogens is 5. The number of hydrogen-bond acceptors (Lipinski definition) is 5. The highest BCUT2D eigenvalue weighted by atomic mass is 19.4. The molecule has 0 radical (unpaired) electrons. The first-order chi connectivity index (χ1) is 14.2. The van der Waals surface area contributed by atoms with Crippen LogP contribution >= 0.6 is 0 Å². The van der Waals surface area contributed by atoms with Crippen LogP contribution in [-0.2, 0) is 19.8 Å². The van der Waals surface area contributed by atoms with Crippen molar-refractivity contribution < 1.29 is 18.0 Å². The normalized spacial score (nSPS) is 10.8. The van der Waals surface area contributed by atoms with Gasteiger partial charge in [0.15, 0.2) is 5.69 Å². The monoisotopic (exact) mass is 421 g/mol. The van der Waals surface area contributed by atoms with E-state index < -0.39 is 17.9 Å². The van der Waals surface area contributed by atoms with Crippen molar-refractivity contribution in [1.82, 2.24) is 30.3 Å². The Morgan fingerprint density at radius 2 is 1.83 bits per heavy atom. The summed E-state index contributed by atoms with van der Waals surface area (Å²) < 4.78 is 40.6. The fraction of sp³-hybridized carbons (Fsp3) is 0.316. The molecule has 2 amide bonds. The molecule has 0 bridgehead atoms. The van der Waals surface area contributed by atoms with Crippen LogP contribution in [0.1, 0.15) is 30.8 Å². The zero-order chi connectivity index (χ0) is 22.3. The molecule has 3 rings (SSSR count). The average Bonchev–Trinajstić information content (AvgIpc) is 3.11. The SMILES string of the molecule is CC.Cc1cc(CNC(=O)Nc2ccncc2)nnc1-c1cn(C)nc1C(F)(F)F. The van der Waals surface area contributed by atoms with Crippen LogP contribution in [0.5, 0.6) is 0 Å². The lowest BCUT2D eigenvalue weighted by molar-refractivity contribution is -0.141. The van der Waals surface area contributed by atoms with Gasteiger partial charge in [-0.2, -0.15) is 23.4 Å². The molecule has 2 N–H and O–H groups in total. The minimum absolute atomic E-state index is 0.0597. The number of anilines is 1. The van der Waals surface area contributed by atoms with Crippen LogP contribution in [0.25, 0.3) is 11.3 Å². The second-order valence-corrected chi connectivity index (χ2v) is 5.97. The van der Waals surface area contributed by atoms with Crippen molar-refractivity contribution in [2.24, 2.45) is 7.05 Å². The number of aryl methyl sites for hydroxylation is 2. The molecule has 0 aliphatic carbocycles. The minimum Gasteiger partial charge on any atom is -0.332 e. The fourth-order valence-electron chi connectivity index (χ4n) is 2.55. The van der Waals surface area contributed by atoms with Crippen LogP contribution in [-0.4, -0.2) is 31.0 Å². The molecule has 8 nitrogen and oxygen atoms in total. The number of hydrogen-bond donors (Lipinski definition) is 2. The highest BCUT2D eigenvalue weighted by Crippen LogP contribution is 2.36. The van der Waals surface area contributed by atoms with E-state index >= 15 is 0 Å². The molecule has 0 atom stereocenters. The van der Waals surface area contributed by atoms with Crippen LogP contribution in [0, 0.1) is 6.92 Å². The molecule has 160 valence electrons. The van der Waals surface area contributed by atoms with Crippen molar-refractivity contribution in [2.45, 2.75) is 33.5 Å². The Balaban J connectivity index is 0.00000155. The largest absolute Gasteiger partial charge is 0.435 e. The third kappa shape index (κ3) is 5.75. The number of halogens is 3. The van der Waals surface area contributed by atoms with E-state index in [1.807, 2.05) is 13.8 Å². The van der Waals surface area contributed by atoms with Crippen molar-refractivity contribution in [3.05, 3.63) is 53.7 Å². The summed E-state index contributed by atoms with van der Waals surface area (Å²) in [4.78, 5) is 15.7. The molecule has 0 saturated heterocycles. The van der Waals surface area contributed by atoms with Gasteiger partial charge < -0.3 is 10.6 Å². The molecule has 0 aromatic carbocycles.